The zero-order valence-corrected chi connectivity index (χ0v) is 9.47. The fourth-order valence-corrected chi connectivity index (χ4v) is 1.71. The van der Waals surface area contributed by atoms with Crippen LogP contribution >= 0.6 is 0 Å². The fourth-order valence-electron chi connectivity index (χ4n) is 1.71. The third kappa shape index (κ3) is 2.13. The van der Waals surface area contributed by atoms with Crippen LogP contribution in [0.5, 0.6) is 5.75 Å². The van der Waals surface area contributed by atoms with E-state index < -0.39 is 0 Å². The smallest absolute Gasteiger partial charge is 0.262 e. The van der Waals surface area contributed by atoms with Crippen molar-refractivity contribution >= 4 is 17.3 Å². The van der Waals surface area contributed by atoms with Gasteiger partial charge in [0.2, 0.25) is 0 Å². The molecule has 0 fully saturated rings. The van der Waals surface area contributed by atoms with E-state index in [2.05, 4.69) is 15.6 Å². The Hall–Kier alpha value is -2.50. The number of hydrogen-bond donors (Lipinski definition) is 2. The van der Waals surface area contributed by atoms with Crippen molar-refractivity contribution in [1.29, 1.82) is 0 Å². The summed E-state index contributed by atoms with van der Waals surface area (Å²) in [4.78, 5) is 15.0. The van der Waals surface area contributed by atoms with Gasteiger partial charge in [-0.2, -0.15) is 0 Å². The van der Waals surface area contributed by atoms with Gasteiger partial charge in [0.1, 0.15) is 11.5 Å². The summed E-state index contributed by atoms with van der Waals surface area (Å²) in [5.74, 6) is 1.28. The highest BCUT2D eigenvalue weighted by Crippen LogP contribution is 2.30. The number of nitrogens with zero attached hydrogens (tertiary/aromatic N) is 1. The number of carbonyl (C=O) groups excluding carboxylic acids is 1. The van der Waals surface area contributed by atoms with Gasteiger partial charge < -0.3 is 19.8 Å². The highest BCUT2D eigenvalue weighted by atomic mass is 16.5. The summed E-state index contributed by atoms with van der Waals surface area (Å²) in [6.07, 6.45) is 3.04. The van der Waals surface area contributed by atoms with Crippen molar-refractivity contribution in [1.82, 2.24) is 4.98 Å². The molecule has 2 heterocycles. The van der Waals surface area contributed by atoms with Gasteiger partial charge in [0.25, 0.3) is 5.91 Å². The Morgan fingerprint density at radius 3 is 3.22 bits per heavy atom. The number of anilines is 2. The first-order valence-corrected chi connectivity index (χ1v) is 5.49. The minimum atomic E-state index is -0.144. The topological polar surface area (TPSA) is 76.4 Å². The zero-order valence-electron chi connectivity index (χ0n) is 9.47. The molecule has 18 heavy (non-hydrogen) atoms. The SMILES string of the molecule is O=C1COc2ccc(NCc3cnco3)cc2N1. The number of aromatic nitrogens is 1. The van der Waals surface area contributed by atoms with Crippen molar-refractivity contribution in [2.75, 3.05) is 17.2 Å². The lowest BCUT2D eigenvalue weighted by molar-refractivity contribution is -0.118. The molecule has 2 aromatic rings. The van der Waals surface area contributed by atoms with Gasteiger partial charge in [0.15, 0.2) is 13.0 Å². The monoisotopic (exact) mass is 245 g/mol. The predicted molar refractivity (Wildman–Crippen MR) is 64.4 cm³/mol. The average molecular weight is 245 g/mol. The molecule has 1 aromatic heterocycles. The Balaban J connectivity index is 1.73. The molecule has 1 amide bonds. The minimum absolute atomic E-state index is 0.0673. The third-order valence-corrected chi connectivity index (χ3v) is 2.56. The van der Waals surface area contributed by atoms with Gasteiger partial charge in [-0.15, -0.1) is 0 Å². The highest BCUT2D eigenvalue weighted by molar-refractivity contribution is 5.95. The van der Waals surface area contributed by atoms with Crippen LogP contribution in [-0.4, -0.2) is 17.5 Å². The molecule has 92 valence electrons. The summed E-state index contributed by atoms with van der Waals surface area (Å²) < 4.78 is 10.4. The van der Waals surface area contributed by atoms with Crippen molar-refractivity contribution in [3.05, 3.63) is 36.5 Å². The first-order valence-electron chi connectivity index (χ1n) is 5.49. The van der Waals surface area contributed by atoms with Crippen LogP contribution in [0.25, 0.3) is 0 Å². The summed E-state index contributed by atoms with van der Waals surface area (Å²) in [7, 11) is 0. The van der Waals surface area contributed by atoms with E-state index >= 15 is 0 Å². The Morgan fingerprint density at radius 1 is 1.44 bits per heavy atom. The second-order valence-corrected chi connectivity index (χ2v) is 3.87. The van der Waals surface area contributed by atoms with Gasteiger partial charge >= 0.3 is 0 Å². The van der Waals surface area contributed by atoms with Crippen LogP contribution in [0.2, 0.25) is 0 Å². The van der Waals surface area contributed by atoms with Crippen molar-refractivity contribution in [3.63, 3.8) is 0 Å². The fraction of sp³-hybridized carbons (Fsp3) is 0.167. The molecule has 6 heteroatoms. The van der Waals surface area contributed by atoms with E-state index in [1.54, 1.807) is 6.20 Å². The van der Waals surface area contributed by atoms with Gasteiger partial charge in [-0.05, 0) is 18.2 Å². The van der Waals surface area contributed by atoms with Crippen LogP contribution in [-0.2, 0) is 11.3 Å². The van der Waals surface area contributed by atoms with Crippen LogP contribution < -0.4 is 15.4 Å². The van der Waals surface area contributed by atoms with Gasteiger partial charge in [-0.25, -0.2) is 4.98 Å². The molecule has 1 aromatic carbocycles. The standard InChI is InChI=1S/C12H11N3O3/c16-12-6-17-11-2-1-8(3-10(11)15-12)14-5-9-4-13-7-18-9/h1-4,7,14H,5-6H2,(H,15,16). The maximum absolute atomic E-state index is 11.2. The number of hydrogen-bond acceptors (Lipinski definition) is 5. The molecule has 0 unspecified atom stereocenters. The van der Waals surface area contributed by atoms with Crippen LogP contribution in [0.1, 0.15) is 5.76 Å². The molecule has 1 aliphatic heterocycles. The van der Waals surface area contributed by atoms with E-state index in [0.29, 0.717) is 18.0 Å². The van der Waals surface area contributed by atoms with E-state index in [9.17, 15) is 4.79 Å². The predicted octanol–water partition coefficient (Wildman–Crippen LogP) is 1.62. The molecular formula is C12H11N3O3. The average Bonchev–Trinajstić information content (AvgIpc) is 2.89. The van der Waals surface area contributed by atoms with Crippen molar-refractivity contribution in [2.24, 2.45) is 0 Å². The summed E-state index contributed by atoms with van der Waals surface area (Å²) >= 11 is 0. The van der Waals surface area contributed by atoms with Gasteiger partial charge in [-0.3, -0.25) is 4.79 Å². The molecule has 0 spiro atoms. The summed E-state index contributed by atoms with van der Waals surface area (Å²) in [5.41, 5.74) is 1.55. The maximum Gasteiger partial charge on any atom is 0.262 e. The first kappa shape index (κ1) is 10.6. The zero-order chi connectivity index (χ0) is 12.4. The Bertz CT molecular complexity index is 566. The molecular weight excluding hydrogens is 234 g/mol. The molecule has 2 N–H and O–H groups in total. The van der Waals surface area contributed by atoms with Gasteiger partial charge in [0, 0.05) is 5.69 Å². The van der Waals surface area contributed by atoms with E-state index in [4.69, 9.17) is 9.15 Å². The molecule has 6 nitrogen and oxygen atoms in total. The van der Waals surface area contributed by atoms with Crippen molar-refractivity contribution in [3.8, 4) is 5.75 Å². The Morgan fingerprint density at radius 2 is 2.39 bits per heavy atom. The lowest BCUT2D eigenvalue weighted by atomic mass is 10.2. The van der Waals surface area contributed by atoms with Crippen molar-refractivity contribution in [2.45, 2.75) is 6.54 Å². The molecule has 0 bridgehead atoms. The van der Waals surface area contributed by atoms with E-state index in [1.807, 2.05) is 18.2 Å². The molecule has 3 rings (SSSR count). The lowest BCUT2D eigenvalue weighted by Crippen LogP contribution is -2.25. The van der Waals surface area contributed by atoms with Crippen LogP contribution in [0.15, 0.2) is 35.2 Å². The van der Waals surface area contributed by atoms with E-state index in [0.717, 1.165) is 11.4 Å². The number of ether oxygens (including phenoxy) is 1. The Labute approximate surface area is 103 Å². The number of benzene rings is 1. The second-order valence-electron chi connectivity index (χ2n) is 3.87. The number of rotatable bonds is 3. The molecule has 0 radical (unpaired) electrons. The summed E-state index contributed by atoms with van der Waals surface area (Å²) in [6.45, 7) is 0.603. The van der Waals surface area contributed by atoms with Crippen molar-refractivity contribution < 1.29 is 13.9 Å². The van der Waals surface area contributed by atoms with E-state index in [1.165, 1.54) is 6.39 Å². The number of amides is 1. The Kier molecular flexibility index (Phi) is 2.60. The van der Waals surface area contributed by atoms with Crippen LogP contribution in [0, 0.1) is 0 Å². The van der Waals surface area contributed by atoms with Crippen LogP contribution in [0.3, 0.4) is 0 Å². The number of oxazole rings is 1. The quantitative estimate of drug-likeness (QED) is 0.859. The number of nitrogens with one attached hydrogen (secondary N) is 2. The molecule has 0 saturated carbocycles. The second kappa shape index (κ2) is 4.40. The van der Waals surface area contributed by atoms with E-state index in [-0.39, 0.29) is 12.5 Å². The largest absolute Gasteiger partial charge is 0.482 e. The third-order valence-electron chi connectivity index (χ3n) is 2.56. The molecule has 0 saturated heterocycles. The van der Waals surface area contributed by atoms with Crippen LogP contribution in [0.4, 0.5) is 11.4 Å². The minimum Gasteiger partial charge on any atom is -0.482 e. The number of fused-ring (bicyclic) bond motifs is 1. The first-order chi connectivity index (χ1) is 8.81. The lowest BCUT2D eigenvalue weighted by Gasteiger charge is -2.18. The maximum atomic E-state index is 11.2. The summed E-state index contributed by atoms with van der Waals surface area (Å²) in [6, 6.07) is 5.52. The highest BCUT2D eigenvalue weighted by Gasteiger charge is 2.15. The van der Waals surface area contributed by atoms with Gasteiger partial charge in [-0.1, -0.05) is 0 Å². The molecule has 0 aliphatic carbocycles. The normalized spacial score (nSPS) is 13.4. The number of carbonyl (C=O) groups is 1. The summed E-state index contributed by atoms with van der Waals surface area (Å²) in [5, 5.41) is 5.93. The van der Waals surface area contributed by atoms with Gasteiger partial charge in [0.05, 0.1) is 18.4 Å². The molecule has 1 aliphatic rings. The molecule has 0 atom stereocenters.